The van der Waals surface area contributed by atoms with Crippen molar-refractivity contribution in [1.82, 2.24) is 25.0 Å². The van der Waals surface area contributed by atoms with Gasteiger partial charge in [-0.05, 0) is 25.2 Å². The molecule has 3 aromatic rings. The van der Waals surface area contributed by atoms with E-state index >= 15 is 0 Å². The van der Waals surface area contributed by atoms with Crippen molar-refractivity contribution in [3.63, 3.8) is 0 Å². The number of para-hydroxylation sites is 1. The zero-order valence-electron chi connectivity index (χ0n) is 15.0. The molecule has 1 aliphatic heterocycles. The Morgan fingerprint density at radius 3 is 2.96 bits per heavy atom. The van der Waals surface area contributed by atoms with Gasteiger partial charge in [0.05, 0.1) is 24.4 Å². The number of benzene rings is 1. The molecule has 0 unspecified atom stereocenters. The highest BCUT2D eigenvalue weighted by Crippen LogP contribution is 2.27. The first-order valence-electron chi connectivity index (χ1n) is 8.79. The normalized spacial score (nSPS) is 21.2. The summed E-state index contributed by atoms with van der Waals surface area (Å²) in [6.07, 6.45) is 1.66. The standard InChI is InChI=1S/C19H23N5O2/c1-23-9-10-26-17(18(23)16-7-8-21-24(16)2)12-20-19(25)15-11-13-5-3-4-6-14(13)22-15/h3-8,11,17-18,22H,9-10,12H2,1-2H3,(H,20,25)/t17-,18-/m0/s1. The SMILES string of the molecule is CN1CCO[C@@H](CNC(=O)c2cc3ccccc3[nH]2)[C@@H]1c1ccnn1C. The lowest BCUT2D eigenvalue weighted by molar-refractivity contribution is -0.0629. The van der Waals surface area contributed by atoms with Crippen LogP contribution in [0.1, 0.15) is 22.2 Å². The molecule has 2 N–H and O–H groups in total. The first kappa shape index (κ1) is 16.8. The topological polar surface area (TPSA) is 75.2 Å². The molecule has 0 aliphatic carbocycles. The molecule has 2 aromatic heterocycles. The van der Waals surface area contributed by atoms with Crippen molar-refractivity contribution in [2.45, 2.75) is 12.1 Å². The van der Waals surface area contributed by atoms with E-state index in [4.69, 9.17) is 4.74 Å². The quantitative estimate of drug-likeness (QED) is 0.749. The lowest BCUT2D eigenvalue weighted by atomic mass is 10.0. The Balaban J connectivity index is 1.48. The zero-order valence-corrected chi connectivity index (χ0v) is 15.0. The Morgan fingerprint density at radius 1 is 1.35 bits per heavy atom. The summed E-state index contributed by atoms with van der Waals surface area (Å²) >= 11 is 0. The summed E-state index contributed by atoms with van der Waals surface area (Å²) in [5, 5.41) is 8.31. The van der Waals surface area contributed by atoms with Gasteiger partial charge >= 0.3 is 0 Å². The van der Waals surface area contributed by atoms with Crippen molar-refractivity contribution in [1.29, 1.82) is 0 Å². The van der Waals surface area contributed by atoms with Crippen LogP contribution < -0.4 is 5.32 Å². The lowest BCUT2D eigenvalue weighted by Crippen LogP contribution is -2.48. The van der Waals surface area contributed by atoms with Crippen LogP contribution >= 0.6 is 0 Å². The van der Waals surface area contributed by atoms with Crippen LogP contribution in [0, 0.1) is 0 Å². The average molecular weight is 353 g/mol. The number of ether oxygens (including phenoxy) is 1. The van der Waals surface area contributed by atoms with Gasteiger partial charge in [0.2, 0.25) is 0 Å². The number of carbonyl (C=O) groups excluding carboxylic acids is 1. The first-order chi connectivity index (χ1) is 12.6. The third-order valence-corrected chi connectivity index (χ3v) is 5.00. The van der Waals surface area contributed by atoms with Crippen molar-refractivity contribution in [3.8, 4) is 0 Å². The second-order valence-electron chi connectivity index (χ2n) is 6.69. The maximum atomic E-state index is 12.6. The number of aromatic amines is 1. The molecule has 0 radical (unpaired) electrons. The summed E-state index contributed by atoms with van der Waals surface area (Å²) in [7, 11) is 4.00. The number of nitrogens with zero attached hydrogens (tertiary/aromatic N) is 3. The highest BCUT2D eigenvalue weighted by Gasteiger charge is 2.33. The van der Waals surface area contributed by atoms with E-state index in [0.717, 1.165) is 23.1 Å². The number of aromatic nitrogens is 3. The molecular weight excluding hydrogens is 330 g/mol. The minimum atomic E-state index is -0.127. The van der Waals surface area contributed by atoms with Crippen LogP contribution in [0.2, 0.25) is 0 Å². The van der Waals surface area contributed by atoms with Crippen LogP contribution in [0.25, 0.3) is 10.9 Å². The van der Waals surface area contributed by atoms with Gasteiger partial charge in [-0.2, -0.15) is 5.10 Å². The highest BCUT2D eigenvalue weighted by molar-refractivity contribution is 5.97. The average Bonchev–Trinajstić information content (AvgIpc) is 3.26. The van der Waals surface area contributed by atoms with E-state index in [2.05, 4.69) is 27.3 Å². The maximum absolute atomic E-state index is 12.6. The van der Waals surface area contributed by atoms with E-state index < -0.39 is 0 Å². The van der Waals surface area contributed by atoms with Gasteiger partial charge in [0.25, 0.3) is 5.91 Å². The second kappa shape index (κ2) is 6.93. The smallest absolute Gasteiger partial charge is 0.267 e. The van der Waals surface area contributed by atoms with E-state index in [9.17, 15) is 4.79 Å². The summed E-state index contributed by atoms with van der Waals surface area (Å²) in [5.74, 6) is -0.123. The summed E-state index contributed by atoms with van der Waals surface area (Å²) in [6, 6.07) is 11.8. The molecule has 4 rings (SSSR count). The molecule has 26 heavy (non-hydrogen) atoms. The fourth-order valence-electron chi connectivity index (χ4n) is 3.61. The van der Waals surface area contributed by atoms with Gasteiger partial charge in [-0.25, -0.2) is 0 Å². The number of amides is 1. The maximum Gasteiger partial charge on any atom is 0.267 e. The van der Waals surface area contributed by atoms with E-state index in [1.807, 2.05) is 48.1 Å². The number of hydrogen-bond acceptors (Lipinski definition) is 4. The minimum absolute atomic E-state index is 0.0549. The molecule has 136 valence electrons. The fraction of sp³-hybridized carbons (Fsp3) is 0.368. The van der Waals surface area contributed by atoms with Gasteiger partial charge in [0.15, 0.2) is 0 Å². The van der Waals surface area contributed by atoms with Gasteiger partial charge in [-0.1, -0.05) is 18.2 Å². The fourth-order valence-corrected chi connectivity index (χ4v) is 3.61. The van der Waals surface area contributed by atoms with Crippen LogP contribution in [0.4, 0.5) is 0 Å². The molecule has 2 atom stereocenters. The van der Waals surface area contributed by atoms with E-state index in [0.29, 0.717) is 18.8 Å². The molecular formula is C19H23N5O2. The number of H-pyrrole nitrogens is 1. The third kappa shape index (κ3) is 3.11. The molecule has 0 bridgehead atoms. The van der Waals surface area contributed by atoms with E-state index in [-0.39, 0.29) is 18.1 Å². The number of hydrogen-bond donors (Lipinski definition) is 2. The third-order valence-electron chi connectivity index (χ3n) is 5.00. The molecule has 1 aromatic carbocycles. The summed E-state index contributed by atoms with van der Waals surface area (Å²) in [6.45, 7) is 1.94. The molecule has 3 heterocycles. The Labute approximate surface area is 151 Å². The first-order valence-corrected chi connectivity index (χ1v) is 8.79. The van der Waals surface area contributed by atoms with E-state index in [1.165, 1.54) is 0 Å². The molecule has 0 spiro atoms. The second-order valence-corrected chi connectivity index (χ2v) is 6.69. The van der Waals surface area contributed by atoms with Crippen molar-refractivity contribution >= 4 is 16.8 Å². The number of likely N-dealkylation sites (N-methyl/N-ethyl adjacent to an activating group) is 1. The molecule has 7 nitrogen and oxygen atoms in total. The summed E-state index contributed by atoms with van der Waals surface area (Å²) in [4.78, 5) is 18.0. The van der Waals surface area contributed by atoms with Gasteiger partial charge in [0.1, 0.15) is 5.69 Å². The Hall–Kier alpha value is -2.64. The molecule has 1 fully saturated rings. The van der Waals surface area contributed by atoms with Crippen molar-refractivity contribution in [2.24, 2.45) is 7.05 Å². The van der Waals surface area contributed by atoms with Crippen LogP contribution in [0.15, 0.2) is 42.6 Å². The Bertz CT molecular complexity index is 882. The van der Waals surface area contributed by atoms with Gasteiger partial charge in [0, 0.05) is 37.2 Å². The number of rotatable bonds is 4. The molecule has 0 saturated carbocycles. The summed E-state index contributed by atoms with van der Waals surface area (Å²) < 4.78 is 7.84. The lowest BCUT2D eigenvalue weighted by Gasteiger charge is -2.39. The molecule has 1 aliphatic rings. The Kier molecular flexibility index (Phi) is 4.48. The zero-order chi connectivity index (χ0) is 18.1. The van der Waals surface area contributed by atoms with Gasteiger partial charge in [-0.3, -0.25) is 14.4 Å². The van der Waals surface area contributed by atoms with Crippen LogP contribution in [-0.4, -0.2) is 58.4 Å². The number of aryl methyl sites for hydroxylation is 1. The van der Waals surface area contributed by atoms with E-state index in [1.54, 1.807) is 6.20 Å². The van der Waals surface area contributed by atoms with Gasteiger partial charge in [-0.15, -0.1) is 0 Å². The van der Waals surface area contributed by atoms with Crippen LogP contribution in [0.5, 0.6) is 0 Å². The van der Waals surface area contributed by atoms with Crippen molar-refractivity contribution < 1.29 is 9.53 Å². The molecule has 7 heteroatoms. The van der Waals surface area contributed by atoms with Crippen molar-refractivity contribution in [3.05, 3.63) is 54.0 Å². The summed E-state index contributed by atoms with van der Waals surface area (Å²) in [5.41, 5.74) is 2.60. The predicted octanol–water partition coefficient (Wildman–Crippen LogP) is 1.70. The predicted molar refractivity (Wildman–Crippen MR) is 99.0 cm³/mol. The molecule has 1 saturated heterocycles. The number of morpholine rings is 1. The minimum Gasteiger partial charge on any atom is -0.373 e. The molecule has 1 amide bonds. The Morgan fingerprint density at radius 2 is 2.19 bits per heavy atom. The van der Waals surface area contributed by atoms with Crippen molar-refractivity contribution in [2.75, 3.05) is 26.7 Å². The van der Waals surface area contributed by atoms with Crippen LogP contribution in [-0.2, 0) is 11.8 Å². The van der Waals surface area contributed by atoms with Gasteiger partial charge < -0.3 is 15.0 Å². The number of carbonyl (C=O) groups is 1. The largest absolute Gasteiger partial charge is 0.373 e. The highest BCUT2D eigenvalue weighted by atomic mass is 16.5. The number of nitrogens with one attached hydrogen (secondary N) is 2. The number of fused-ring (bicyclic) bond motifs is 1. The van der Waals surface area contributed by atoms with Crippen LogP contribution in [0.3, 0.4) is 0 Å². The monoisotopic (exact) mass is 353 g/mol.